The molecule has 2 aliphatic rings. The zero-order chi connectivity index (χ0) is 47.4. The summed E-state index contributed by atoms with van der Waals surface area (Å²) in [6.45, 7) is 12.2. The fourth-order valence-corrected chi connectivity index (χ4v) is 8.72. The number of anilines is 4. The maximum absolute atomic E-state index is 15.0. The molecule has 2 fully saturated rings. The predicted octanol–water partition coefficient (Wildman–Crippen LogP) is 6.92. The summed E-state index contributed by atoms with van der Waals surface area (Å²) >= 11 is 0. The molecule has 0 amide bonds. The first kappa shape index (κ1) is 49.9. The number of hydrogen-bond donors (Lipinski definition) is 2. The Morgan fingerprint density at radius 2 is 0.881 bits per heavy atom. The van der Waals surface area contributed by atoms with Gasteiger partial charge in [0.15, 0.2) is 0 Å². The third-order valence-corrected chi connectivity index (χ3v) is 12.6. The second-order valence-electron chi connectivity index (χ2n) is 17.2. The number of carbonyl (C=O) groups is 2. The maximum atomic E-state index is 15.0. The number of fused-ring (bicyclic) bond motifs is 2. The monoisotopic (exact) mass is 940 g/mol. The van der Waals surface area contributed by atoms with Crippen molar-refractivity contribution in [2.45, 2.75) is 40.0 Å². The van der Waals surface area contributed by atoms with E-state index in [2.05, 4.69) is 68.1 Å². The lowest BCUT2D eigenvalue weighted by Crippen LogP contribution is -2.46. The van der Waals surface area contributed by atoms with Gasteiger partial charge >= 0.3 is 11.9 Å². The Morgan fingerprint density at radius 3 is 1.16 bits per heavy atom. The lowest BCUT2D eigenvalue weighted by Gasteiger charge is -2.36. The molecule has 17 heteroatoms. The topological polar surface area (TPSA) is 138 Å². The van der Waals surface area contributed by atoms with Gasteiger partial charge in [-0.2, -0.15) is 0 Å². The highest BCUT2D eigenvalue weighted by molar-refractivity contribution is 5.94. The Hall–Kier alpha value is -6.49. The van der Waals surface area contributed by atoms with Crippen molar-refractivity contribution in [1.82, 2.24) is 18.9 Å². The molecule has 2 aliphatic heterocycles. The van der Waals surface area contributed by atoms with Crippen molar-refractivity contribution in [1.29, 1.82) is 0 Å². The number of aromatic nitrogens is 2. The first-order chi connectivity index (χ1) is 31.6. The van der Waals surface area contributed by atoms with E-state index < -0.39 is 34.4 Å². The highest BCUT2D eigenvalue weighted by Crippen LogP contribution is 2.29. The fourth-order valence-electron chi connectivity index (χ4n) is 8.72. The Balaban J connectivity index is 0.000000218. The minimum absolute atomic E-state index is 0. The SMILES string of the molecule is CCn1cc(C(=O)O)c(=O)c2cc(F)c(N3CCN(Cc4ccc(N(C)C)cc4)CC3)cc21.CCn1cc(C(=O)O)c(=O)c2cc(F)c(N3CCN(Cc4ccc(N(C)C)cc4)CC3)cc21.Cl. The van der Waals surface area contributed by atoms with Crippen LogP contribution in [0.1, 0.15) is 45.7 Å². The van der Waals surface area contributed by atoms with Crippen LogP contribution >= 0.6 is 12.4 Å². The number of benzene rings is 4. The van der Waals surface area contributed by atoms with Crippen LogP contribution in [0.2, 0.25) is 0 Å². The minimum atomic E-state index is -1.30. The van der Waals surface area contributed by atoms with E-state index in [-0.39, 0.29) is 34.3 Å². The summed E-state index contributed by atoms with van der Waals surface area (Å²) in [6.07, 6.45) is 2.68. The minimum Gasteiger partial charge on any atom is -0.477 e. The van der Waals surface area contributed by atoms with E-state index in [1.54, 1.807) is 21.3 Å². The molecule has 356 valence electrons. The highest BCUT2D eigenvalue weighted by Gasteiger charge is 2.25. The summed E-state index contributed by atoms with van der Waals surface area (Å²) in [6, 6.07) is 22.7. The molecule has 0 spiro atoms. The van der Waals surface area contributed by atoms with Crippen LogP contribution in [0.5, 0.6) is 0 Å². The summed E-state index contributed by atoms with van der Waals surface area (Å²) < 4.78 is 33.5. The van der Waals surface area contributed by atoms with Crippen LogP contribution in [0.15, 0.2) is 94.8 Å². The van der Waals surface area contributed by atoms with Crippen LogP contribution < -0.4 is 30.5 Å². The van der Waals surface area contributed by atoms with E-state index in [9.17, 15) is 29.4 Å². The molecule has 0 atom stereocenters. The number of halogens is 3. The van der Waals surface area contributed by atoms with Crippen LogP contribution in [0.3, 0.4) is 0 Å². The molecular formula is C50H59ClF2N8O6. The normalized spacial score (nSPS) is 14.4. The largest absolute Gasteiger partial charge is 0.477 e. The van der Waals surface area contributed by atoms with Crippen molar-refractivity contribution in [3.63, 3.8) is 0 Å². The molecule has 0 aliphatic carbocycles. The number of piperazine rings is 2. The summed E-state index contributed by atoms with van der Waals surface area (Å²) in [7, 11) is 8.08. The zero-order valence-corrected chi connectivity index (χ0v) is 39.7. The van der Waals surface area contributed by atoms with Crippen LogP contribution in [0.4, 0.5) is 31.5 Å². The Labute approximate surface area is 394 Å². The molecule has 0 unspecified atom stereocenters. The molecule has 4 aromatic carbocycles. The quantitative estimate of drug-likeness (QED) is 0.132. The molecular weight excluding hydrogens is 882 g/mol. The molecule has 6 aromatic rings. The number of aromatic carboxylic acids is 2. The first-order valence-corrected chi connectivity index (χ1v) is 22.2. The number of pyridine rings is 2. The van der Waals surface area contributed by atoms with Crippen molar-refractivity contribution in [3.8, 4) is 0 Å². The molecule has 2 aromatic heterocycles. The standard InChI is InChI=1S/2C25H29FN4O3.ClH/c2*1-4-29-16-20(25(32)33)24(31)19-13-21(26)23(14-22(19)29)30-11-9-28(10-12-30)15-17-5-7-18(8-6-17)27(2)3;/h2*5-8,13-14,16H,4,9-12,15H2,1-3H3,(H,32,33);1H. The van der Waals surface area contributed by atoms with Gasteiger partial charge in [0, 0.05) is 141 Å². The third-order valence-electron chi connectivity index (χ3n) is 12.6. The van der Waals surface area contributed by atoms with E-state index in [1.807, 2.05) is 51.8 Å². The predicted molar refractivity (Wildman–Crippen MR) is 265 cm³/mol. The molecule has 67 heavy (non-hydrogen) atoms. The molecule has 0 bridgehead atoms. The summed E-state index contributed by atoms with van der Waals surface area (Å²) in [4.78, 5) is 60.8. The van der Waals surface area contributed by atoms with Gasteiger partial charge in [0.1, 0.15) is 22.8 Å². The van der Waals surface area contributed by atoms with Gasteiger partial charge in [-0.15, -0.1) is 12.4 Å². The average molecular weight is 942 g/mol. The fraction of sp³-hybridized carbons (Fsp3) is 0.360. The number of carboxylic acid groups (broad SMARTS) is 2. The van der Waals surface area contributed by atoms with Crippen molar-refractivity contribution in [2.24, 2.45) is 0 Å². The van der Waals surface area contributed by atoms with Crippen molar-refractivity contribution < 1.29 is 28.6 Å². The Morgan fingerprint density at radius 1 is 0.552 bits per heavy atom. The van der Waals surface area contributed by atoms with E-state index in [0.717, 1.165) is 50.6 Å². The summed E-state index contributed by atoms with van der Waals surface area (Å²) in [5, 5.41) is 18.8. The second-order valence-corrected chi connectivity index (χ2v) is 17.2. The lowest BCUT2D eigenvalue weighted by atomic mass is 10.1. The van der Waals surface area contributed by atoms with Crippen LogP contribution in [0.25, 0.3) is 21.8 Å². The van der Waals surface area contributed by atoms with Gasteiger partial charge in [-0.25, -0.2) is 18.4 Å². The molecule has 2 saturated heterocycles. The molecule has 0 radical (unpaired) electrons. The number of aryl methyl sites for hydroxylation is 2. The van der Waals surface area contributed by atoms with E-state index in [0.29, 0.717) is 61.7 Å². The van der Waals surface area contributed by atoms with E-state index in [1.165, 1.54) is 35.7 Å². The van der Waals surface area contributed by atoms with Crippen LogP contribution in [0, 0.1) is 11.6 Å². The summed E-state index contributed by atoms with van der Waals surface area (Å²) in [5.41, 5.74) is 4.80. The van der Waals surface area contributed by atoms with Gasteiger partial charge in [-0.05, 0) is 73.5 Å². The number of hydrogen-bond acceptors (Lipinski definition) is 10. The number of rotatable bonds is 12. The average Bonchev–Trinajstić information content (AvgIpc) is 3.30. The van der Waals surface area contributed by atoms with Gasteiger partial charge < -0.3 is 38.9 Å². The van der Waals surface area contributed by atoms with Crippen molar-refractivity contribution >= 4 is 68.9 Å². The zero-order valence-electron chi connectivity index (χ0n) is 38.8. The Bertz CT molecular complexity index is 2660. The highest BCUT2D eigenvalue weighted by atomic mass is 35.5. The Kier molecular flexibility index (Phi) is 16.0. The summed E-state index contributed by atoms with van der Waals surface area (Å²) in [5.74, 6) is -3.61. The van der Waals surface area contributed by atoms with E-state index >= 15 is 8.78 Å². The second kappa shape index (κ2) is 21.4. The smallest absolute Gasteiger partial charge is 0.341 e. The number of nitrogens with zero attached hydrogens (tertiary/aromatic N) is 8. The van der Waals surface area contributed by atoms with Crippen LogP contribution in [-0.2, 0) is 26.2 Å². The van der Waals surface area contributed by atoms with Gasteiger partial charge in [-0.1, -0.05) is 24.3 Å². The third kappa shape index (κ3) is 11.0. The molecule has 4 heterocycles. The van der Waals surface area contributed by atoms with Crippen LogP contribution in [-0.4, -0.2) is 122 Å². The van der Waals surface area contributed by atoms with Gasteiger partial charge in [0.2, 0.25) is 10.9 Å². The molecule has 2 N–H and O–H groups in total. The van der Waals surface area contributed by atoms with Crippen molar-refractivity contribution in [3.05, 3.63) is 140 Å². The number of carboxylic acids is 2. The molecule has 0 saturated carbocycles. The van der Waals surface area contributed by atoms with Gasteiger partial charge in [0.05, 0.1) is 22.4 Å². The van der Waals surface area contributed by atoms with Crippen molar-refractivity contribution in [2.75, 3.05) is 100 Å². The lowest BCUT2D eigenvalue weighted by molar-refractivity contribution is 0.0684. The van der Waals surface area contributed by atoms with Gasteiger partial charge in [0.25, 0.3) is 0 Å². The first-order valence-electron chi connectivity index (χ1n) is 22.2. The van der Waals surface area contributed by atoms with Gasteiger partial charge in [-0.3, -0.25) is 19.4 Å². The van der Waals surface area contributed by atoms with E-state index in [4.69, 9.17) is 0 Å². The molecule has 14 nitrogen and oxygen atoms in total. The molecule has 8 rings (SSSR count). The maximum Gasteiger partial charge on any atom is 0.341 e.